The van der Waals surface area contributed by atoms with E-state index >= 15 is 0 Å². The topological polar surface area (TPSA) is 64.2 Å². The minimum atomic E-state index is -0.00231. The van der Waals surface area contributed by atoms with Gasteiger partial charge in [-0.15, -0.1) is 0 Å². The summed E-state index contributed by atoms with van der Waals surface area (Å²) in [6, 6.07) is 0.188. The van der Waals surface area contributed by atoms with Crippen LogP contribution in [-0.2, 0) is 7.05 Å². The van der Waals surface area contributed by atoms with E-state index in [2.05, 4.69) is 5.10 Å². The standard InChI is InChI=1S/C13H22N4O/c1-8(2)17(7-10-5-6-10)13(18)12-11(14)9(3)15-16(12)4/h8,10H,5-7,14H2,1-4H3. The minimum absolute atomic E-state index is 0.00231. The van der Waals surface area contributed by atoms with E-state index in [-0.39, 0.29) is 11.9 Å². The SMILES string of the molecule is Cc1nn(C)c(C(=O)N(CC2CC2)C(C)C)c1N. The fourth-order valence-electron chi connectivity index (χ4n) is 2.17. The lowest BCUT2D eigenvalue weighted by molar-refractivity contribution is 0.0686. The lowest BCUT2D eigenvalue weighted by atomic mass is 10.2. The van der Waals surface area contributed by atoms with Crippen LogP contribution in [0.5, 0.6) is 0 Å². The third-order valence-electron chi connectivity index (χ3n) is 3.51. The molecule has 2 rings (SSSR count). The maximum atomic E-state index is 12.6. The number of amides is 1. The second kappa shape index (κ2) is 4.63. The second-order valence-electron chi connectivity index (χ2n) is 5.47. The van der Waals surface area contributed by atoms with E-state index in [1.165, 1.54) is 12.8 Å². The summed E-state index contributed by atoms with van der Waals surface area (Å²) in [5.74, 6) is 0.671. The number of nitrogens with zero attached hydrogens (tertiary/aromatic N) is 3. The Balaban J connectivity index is 2.26. The van der Waals surface area contributed by atoms with Crippen molar-refractivity contribution in [2.75, 3.05) is 12.3 Å². The molecule has 100 valence electrons. The molecule has 5 heteroatoms. The normalized spacial score (nSPS) is 15.2. The molecule has 1 aliphatic carbocycles. The number of anilines is 1. The van der Waals surface area contributed by atoms with Crippen molar-refractivity contribution in [1.29, 1.82) is 0 Å². The van der Waals surface area contributed by atoms with Crippen molar-refractivity contribution in [2.45, 2.75) is 39.7 Å². The van der Waals surface area contributed by atoms with Gasteiger partial charge in [0.15, 0.2) is 0 Å². The maximum absolute atomic E-state index is 12.6. The van der Waals surface area contributed by atoms with Crippen LogP contribution in [0, 0.1) is 12.8 Å². The molecule has 0 bridgehead atoms. The summed E-state index contributed by atoms with van der Waals surface area (Å²) in [5.41, 5.74) is 7.70. The molecule has 1 aromatic heterocycles. The Labute approximate surface area is 108 Å². The predicted molar refractivity (Wildman–Crippen MR) is 71.3 cm³/mol. The number of hydrogen-bond donors (Lipinski definition) is 1. The number of hydrogen-bond acceptors (Lipinski definition) is 3. The quantitative estimate of drug-likeness (QED) is 0.882. The van der Waals surface area contributed by atoms with Gasteiger partial charge in [-0.3, -0.25) is 9.48 Å². The molecule has 0 aromatic carbocycles. The molecule has 1 fully saturated rings. The summed E-state index contributed by atoms with van der Waals surface area (Å²) in [5, 5.41) is 4.21. The molecule has 0 saturated heterocycles. The van der Waals surface area contributed by atoms with Gasteiger partial charge in [0.2, 0.25) is 0 Å². The second-order valence-corrected chi connectivity index (χ2v) is 5.47. The van der Waals surface area contributed by atoms with Crippen molar-refractivity contribution in [3.05, 3.63) is 11.4 Å². The van der Waals surface area contributed by atoms with Crippen LogP contribution in [0.4, 0.5) is 5.69 Å². The van der Waals surface area contributed by atoms with Gasteiger partial charge in [0.1, 0.15) is 5.69 Å². The zero-order chi connectivity index (χ0) is 13.4. The first-order chi connectivity index (χ1) is 8.41. The van der Waals surface area contributed by atoms with Crippen LogP contribution >= 0.6 is 0 Å². The van der Waals surface area contributed by atoms with Crippen LogP contribution in [0.3, 0.4) is 0 Å². The summed E-state index contributed by atoms with van der Waals surface area (Å²) in [7, 11) is 1.77. The van der Waals surface area contributed by atoms with E-state index in [1.807, 2.05) is 25.7 Å². The molecule has 2 N–H and O–H groups in total. The van der Waals surface area contributed by atoms with E-state index in [0.717, 1.165) is 12.2 Å². The summed E-state index contributed by atoms with van der Waals surface area (Å²) >= 11 is 0. The highest BCUT2D eigenvalue weighted by Crippen LogP contribution is 2.31. The first kappa shape index (κ1) is 12.9. The van der Waals surface area contributed by atoms with Crippen LogP contribution < -0.4 is 5.73 Å². The first-order valence-electron chi connectivity index (χ1n) is 6.51. The fraction of sp³-hybridized carbons (Fsp3) is 0.692. The Hall–Kier alpha value is -1.52. The summed E-state index contributed by atoms with van der Waals surface area (Å²) in [6.07, 6.45) is 2.47. The van der Waals surface area contributed by atoms with Crippen LogP contribution in [0.15, 0.2) is 0 Å². The molecule has 0 radical (unpaired) electrons. The number of nitrogens with two attached hydrogens (primary N) is 1. The lowest BCUT2D eigenvalue weighted by Gasteiger charge is -2.27. The maximum Gasteiger partial charge on any atom is 0.274 e. The van der Waals surface area contributed by atoms with E-state index < -0.39 is 0 Å². The van der Waals surface area contributed by atoms with Crippen molar-refractivity contribution < 1.29 is 4.79 Å². The highest BCUT2D eigenvalue weighted by atomic mass is 16.2. The lowest BCUT2D eigenvalue weighted by Crippen LogP contribution is -2.39. The zero-order valence-corrected chi connectivity index (χ0v) is 11.6. The molecular weight excluding hydrogens is 228 g/mol. The summed E-state index contributed by atoms with van der Waals surface area (Å²) in [6.45, 7) is 6.74. The molecule has 0 unspecified atom stereocenters. The van der Waals surface area contributed by atoms with Crippen molar-refractivity contribution in [2.24, 2.45) is 13.0 Å². The van der Waals surface area contributed by atoms with Crippen LogP contribution in [0.1, 0.15) is 42.9 Å². The van der Waals surface area contributed by atoms with Crippen LogP contribution in [-0.4, -0.2) is 33.2 Å². The number of nitrogen functional groups attached to an aromatic ring is 1. The molecule has 1 heterocycles. The van der Waals surface area contributed by atoms with E-state index in [9.17, 15) is 4.79 Å². The molecule has 1 aliphatic rings. The molecule has 1 saturated carbocycles. The van der Waals surface area contributed by atoms with Gasteiger partial charge in [0.05, 0.1) is 11.4 Å². The van der Waals surface area contributed by atoms with Gasteiger partial charge in [-0.25, -0.2) is 0 Å². The molecule has 5 nitrogen and oxygen atoms in total. The Kier molecular flexibility index (Phi) is 3.32. The molecule has 18 heavy (non-hydrogen) atoms. The van der Waals surface area contributed by atoms with E-state index in [4.69, 9.17) is 5.73 Å². The van der Waals surface area contributed by atoms with Gasteiger partial charge in [0, 0.05) is 19.6 Å². The summed E-state index contributed by atoms with van der Waals surface area (Å²) < 4.78 is 1.59. The summed E-state index contributed by atoms with van der Waals surface area (Å²) in [4.78, 5) is 14.5. The van der Waals surface area contributed by atoms with Crippen molar-refractivity contribution in [1.82, 2.24) is 14.7 Å². The van der Waals surface area contributed by atoms with Crippen LogP contribution in [0.2, 0.25) is 0 Å². The Morgan fingerprint density at radius 3 is 2.56 bits per heavy atom. The zero-order valence-electron chi connectivity index (χ0n) is 11.6. The molecule has 0 aliphatic heterocycles. The Bertz CT molecular complexity index is 460. The third kappa shape index (κ3) is 2.35. The molecule has 0 atom stereocenters. The Morgan fingerprint density at radius 1 is 1.56 bits per heavy atom. The van der Waals surface area contributed by atoms with E-state index in [0.29, 0.717) is 17.3 Å². The van der Waals surface area contributed by atoms with Crippen LogP contribution in [0.25, 0.3) is 0 Å². The average molecular weight is 250 g/mol. The monoisotopic (exact) mass is 250 g/mol. The van der Waals surface area contributed by atoms with Crippen molar-refractivity contribution in [3.63, 3.8) is 0 Å². The van der Waals surface area contributed by atoms with Gasteiger partial charge < -0.3 is 10.6 Å². The average Bonchev–Trinajstić information content (AvgIpc) is 3.04. The molecule has 1 aromatic rings. The van der Waals surface area contributed by atoms with Crippen molar-refractivity contribution in [3.8, 4) is 0 Å². The molecule has 1 amide bonds. The van der Waals surface area contributed by atoms with Gasteiger partial charge in [-0.05, 0) is 39.5 Å². The van der Waals surface area contributed by atoms with Gasteiger partial charge >= 0.3 is 0 Å². The van der Waals surface area contributed by atoms with Gasteiger partial charge in [0.25, 0.3) is 5.91 Å². The number of aryl methyl sites for hydroxylation is 2. The molecular formula is C13H22N4O. The van der Waals surface area contributed by atoms with Gasteiger partial charge in [-0.1, -0.05) is 0 Å². The molecule has 0 spiro atoms. The fourth-order valence-corrected chi connectivity index (χ4v) is 2.17. The number of carbonyl (C=O) groups excluding carboxylic acids is 1. The largest absolute Gasteiger partial charge is 0.395 e. The number of aromatic nitrogens is 2. The Morgan fingerprint density at radius 2 is 2.17 bits per heavy atom. The number of rotatable bonds is 4. The number of carbonyl (C=O) groups is 1. The predicted octanol–water partition coefficient (Wildman–Crippen LogP) is 1.57. The minimum Gasteiger partial charge on any atom is -0.395 e. The smallest absolute Gasteiger partial charge is 0.274 e. The van der Waals surface area contributed by atoms with Crippen molar-refractivity contribution >= 4 is 11.6 Å². The highest BCUT2D eigenvalue weighted by Gasteiger charge is 2.31. The van der Waals surface area contributed by atoms with E-state index in [1.54, 1.807) is 11.7 Å². The first-order valence-corrected chi connectivity index (χ1v) is 6.51. The third-order valence-corrected chi connectivity index (χ3v) is 3.51. The highest BCUT2D eigenvalue weighted by molar-refractivity contribution is 5.98. The van der Waals surface area contributed by atoms with Gasteiger partial charge in [-0.2, -0.15) is 5.10 Å².